The van der Waals surface area contributed by atoms with Crippen LogP contribution in [0.4, 0.5) is 0 Å². The lowest BCUT2D eigenvalue weighted by Gasteiger charge is -2.30. The molecule has 106 valence electrons. The molecule has 0 aromatic heterocycles. The van der Waals surface area contributed by atoms with Gasteiger partial charge in [0.2, 0.25) is 0 Å². The molecule has 0 heterocycles. The molecule has 1 heteroatoms. The van der Waals surface area contributed by atoms with Crippen LogP contribution in [0.3, 0.4) is 0 Å². The van der Waals surface area contributed by atoms with Gasteiger partial charge in [-0.05, 0) is 41.5 Å². The minimum atomic E-state index is -0.419. The Morgan fingerprint density at radius 1 is 0.850 bits per heavy atom. The van der Waals surface area contributed by atoms with E-state index in [1.807, 2.05) is 6.07 Å². The minimum Gasteiger partial charge on any atom is -0.109 e. The van der Waals surface area contributed by atoms with Crippen LogP contribution < -0.4 is 0 Å². The van der Waals surface area contributed by atoms with E-state index in [4.69, 9.17) is 11.6 Å². The van der Waals surface area contributed by atoms with Crippen molar-refractivity contribution in [2.75, 3.05) is 0 Å². The predicted octanol–water partition coefficient (Wildman–Crippen LogP) is 5.70. The fourth-order valence-electron chi connectivity index (χ4n) is 3.01. The van der Waals surface area contributed by atoms with Crippen molar-refractivity contribution in [3.05, 3.63) is 70.8 Å². The Morgan fingerprint density at radius 3 is 2.10 bits per heavy atom. The third-order valence-corrected chi connectivity index (χ3v) is 4.84. The zero-order valence-electron chi connectivity index (χ0n) is 12.6. The summed E-state index contributed by atoms with van der Waals surface area (Å²) in [5, 5.41) is 0. The number of alkyl halides is 1. The Bertz CT molecular complexity index is 559. The van der Waals surface area contributed by atoms with Gasteiger partial charge < -0.3 is 0 Å². The van der Waals surface area contributed by atoms with Crippen LogP contribution in [-0.4, -0.2) is 0 Å². The van der Waals surface area contributed by atoms with Gasteiger partial charge in [0.05, 0.1) is 4.87 Å². The molecule has 1 atom stereocenters. The zero-order valence-corrected chi connectivity index (χ0v) is 13.4. The van der Waals surface area contributed by atoms with Gasteiger partial charge in [-0.1, -0.05) is 69.3 Å². The average Bonchev–Trinajstić information content (AvgIpc) is 2.54. The van der Waals surface area contributed by atoms with E-state index in [1.165, 1.54) is 22.3 Å². The highest BCUT2D eigenvalue weighted by Crippen LogP contribution is 2.42. The molecule has 1 unspecified atom stereocenters. The molecule has 0 aliphatic heterocycles. The molecule has 0 nitrogen and oxygen atoms in total. The molecule has 0 amide bonds. The van der Waals surface area contributed by atoms with Gasteiger partial charge in [0, 0.05) is 0 Å². The Kier molecular flexibility index (Phi) is 4.88. The first kappa shape index (κ1) is 15.1. The lowest BCUT2D eigenvalue weighted by Crippen LogP contribution is -2.22. The van der Waals surface area contributed by atoms with Crippen molar-refractivity contribution >= 4 is 11.6 Å². The van der Waals surface area contributed by atoms with Crippen LogP contribution in [0, 0.1) is 0 Å². The number of benzene rings is 2. The molecule has 0 aliphatic rings. The fraction of sp³-hybridized carbons (Fsp3) is 0.368. The van der Waals surface area contributed by atoms with Gasteiger partial charge >= 0.3 is 0 Å². The standard InChI is InChI=1S/C19H23Cl/c1-4-15-11-10-14-18(17(15)5-2)19(20,6-3)16-12-8-7-9-13-16/h7-14H,4-6H2,1-3H3. The topological polar surface area (TPSA) is 0 Å². The van der Waals surface area contributed by atoms with Crippen molar-refractivity contribution in [1.82, 2.24) is 0 Å². The molecule has 0 spiro atoms. The monoisotopic (exact) mass is 286 g/mol. The number of halogens is 1. The van der Waals surface area contributed by atoms with Crippen molar-refractivity contribution in [3.8, 4) is 0 Å². The highest BCUT2D eigenvalue weighted by Gasteiger charge is 2.32. The summed E-state index contributed by atoms with van der Waals surface area (Å²) in [5.41, 5.74) is 5.29. The lowest BCUT2D eigenvalue weighted by atomic mass is 9.82. The summed E-state index contributed by atoms with van der Waals surface area (Å²) in [6, 6.07) is 17.0. The van der Waals surface area contributed by atoms with Crippen LogP contribution in [0.2, 0.25) is 0 Å². The summed E-state index contributed by atoms with van der Waals surface area (Å²) in [6.45, 7) is 6.59. The summed E-state index contributed by atoms with van der Waals surface area (Å²) < 4.78 is 0. The van der Waals surface area contributed by atoms with Crippen molar-refractivity contribution < 1.29 is 0 Å². The van der Waals surface area contributed by atoms with E-state index >= 15 is 0 Å². The molecular formula is C19H23Cl. The van der Waals surface area contributed by atoms with E-state index in [0.29, 0.717) is 0 Å². The fourth-order valence-corrected chi connectivity index (χ4v) is 3.31. The molecule has 2 rings (SSSR count). The second kappa shape index (κ2) is 6.45. The second-order valence-electron chi connectivity index (χ2n) is 5.17. The maximum absolute atomic E-state index is 7.09. The molecule has 0 bridgehead atoms. The van der Waals surface area contributed by atoms with Gasteiger partial charge in [-0.3, -0.25) is 0 Å². The van der Waals surface area contributed by atoms with E-state index in [1.54, 1.807) is 0 Å². The molecule has 20 heavy (non-hydrogen) atoms. The first-order chi connectivity index (χ1) is 9.67. The van der Waals surface area contributed by atoms with Gasteiger partial charge in [0.25, 0.3) is 0 Å². The Balaban J connectivity index is 2.63. The highest BCUT2D eigenvalue weighted by molar-refractivity contribution is 6.26. The third-order valence-electron chi connectivity index (χ3n) is 4.15. The zero-order chi connectivity index (χ0) is 14.6. The maximum atomic E-state index is 7.09. The smallest absolute Gasteiger partial charge is 0.0944 e. The number of hydrogen-bond donors (Lipinski definition) is 0. The van der Waals surface area contributed by atoms with E-state index in [9.17, 15) is 0 Å². The first-order valence-corrected chi connectivity index (χ1v) is 7.90. The molecule has 2 aromatic carbocycles. The second-order valence-corrected chi connectivity index (χ2v) is 5.82. The molecule has 0 N–H and O–H groups in total. The van der Waals surface area contributed by atoms with E-state index in [-0.39, 0.29) is 0 Å². The summed E-state index contributed by atoms with van der Waals surface area (Å²) in [7, 11) is 0. The summed E-state index contributed by atoms with van der Waals surface area (Å²) in [6.07, 6.45) is 2.97. The normalized spacial score (nSPS) is 14.0. The minimum absolute atomic E-state index is 0.419. The number of hydrogen-bond acceptors (Lipinski definition) is 0. The Labute approximate surface area is 127 Å². The molecular weight excluding hydrogens is 264 g/mol. The summed E-state index contributed by atoms with van der Waals surface area (Å²) in [4.78, 5) is -0.419. The quantitative estimate of drug-likeness (QED) is 0.618. The molecule has 0 radical (unpaired) electrons. The van der Waals surface area contributed by atoms with Crippen LogP contribution >= 0.6 is 11.6 Å². The number of aryl methyl sites for hydroxylation is 1. The van der Waals surface area contributed by atoms with Crippen LogP contribution in [0.15, 0.2) is 48.5 Å². The molecule has 2 aromatic rings. The van der Waals surface area contributed by atoms with Crippen LogP contribution in [-0.2, 0) is 17.7 Å². The van der Waals surface area contributed by atoms with Gasteiger partial charge in [-0.25, -0.2) is 0 Å². The van der Waals surface area contributed by atoms with E-state index in [2.05, 4.69) is 63.2 Å². The highest BCUT2D eigenvalue weighted by atomic mass is 35.5. The first-order valence-electron chi connectivity index (χ1n) is 7.53. The maximum Gasteiger partial charge on any atom is 0.0944 e. The van der Waals surface area contributed by atoms with Gasteiger partial charge in [-0.15, -0.1) is 11.6 Å². The van der Waals surface area contributed by atoms with Crippen molar-refractivity contribution in [3.63, 3.8) is 0 Å². The SMILES string of the molecule is CCc1cccc(C(Cl)(CC)c2ccccc2)c1CC. The van der Waals surface area contributed by atoms with Crippen LogP contribution in [0.25, 0.3) is 0 Å². The van der Waals surface area contributed by atoms with Crippen LogP contribution in [0.1, 0.15) is 49.4 Å². The van der Waals surface area contributed by atoms with Crippen LogP contribution in [0.5, 0.6) is 0 Å². The molecule has 0 aliphatic carbocycles. The van der Waals surface area contributed by atoms with Crippen molar-refractivity contribution in [2.45, 2.75) is 44.9 Å². The average molecular weight is 287 g/mol. The summed E-state index contributed by atoms with van der Waals surface area (Å²) >= 11 is 7.09. The largest absolute Gasteiger partial charge is 0.109 e. The molecule has 0 saturated heterocycles. The van der Waals surface area contributed by atoms with Gasteiger partial charge in [0.1, 0.15) is 0 Å². The van der Waals surface area contributed by atoms with E-state index in [0.717, 1.165) is 19.3 Å². The molecule has 0 fully saturated rings. The Morgan fingerprint density at radius 2 is 1.55 bits per heavy atom. The third kappa shape index (κ3) is 2.62. The summed E-state index contributed by atoms with van der Waals surface area (Å²) in [5.74, 6) is 0. The van der Waals surface area contributed by atoms with E-state index < -0.39 is 4.87 Å². The molecule has 0 saturated carbocycles. The van der Waals surface area contributed by atoms with Crippen molar-refractivity contribution in [2.24, 2.45) is 0 Å². The van der Waals surface area contributed by atoms with Gasteiger partial charge in [0.15, 0.2) is 0 Å². The lowest BCUT2D eigenvalue weighted by molar-refractivity contribution is 0.684. The Hall–Kier alpha value is -1.27. The number of rotatable bonds is 5. The predicted molar refractivity (Wildman–Crippen MR) is 88.6 cm³/mol. The van der Waals surface area contributed by atoms with Crippen molar-refractivity contribution in [1.29, 1.82) is 0 Å². The van der Waals surface area contributed by atoms with Gasteiger partial charge in [-0.2, -0.15) is 0 Å².